The van der Waals surface area contributed by atoms with Crippen molar-refractivity contribution < 1.29 is 32.7 Å². The standard InChI is InChI=1S/C13H9F2NO5/c1-13(14,15)7-3-11-10(19-5-20-11)2-6(7)9-4-8(12(17)18)16-21-9/h2-4H,5H2,1H3,(H,17,18). The minimum Gasteiger partial charge on any atom is -0.476 e. The van der Waals surface area contributed by atoms with Crippen LogP contribution in [0.4, 0.5) is 8.78 Å². The van der Waals surface area contributed by atoms with Gasteiger partial charge in [-0.1, -0.05) is 5.16 Å². The van der Waals surface area contributed by atoms with E-state index in [0.717, 1.165) is 19.1 Å². The van der Waals surface area contributed by atoms with Gasteiger partial charge in [0, 0.05) is 24.1 Å². The van der Waals surface area contributed by atoms with Gasteiger partial charge in [0.2, 0.25) is 6.79 Å². The highest BCUT2D eigenvalue weighted by atomic mass is 19.3. The van der Waals surface area contributed by atoms with Gasteiger partial charge in [-0.05, 0) is 12.1 Å². The SMILES string of the molecule is CC(F)(F)c1cc2c(cc1-c1cc(C(=O)O)no1)OCO2. The minimum atomic E-state index is -3.17. The van der Waals surface area contributed by atoms with Gasteiger partial charge in [-0.2, -0.15) is 0 Å². The molecule has 3 rings (SSSR count). The molecule has 21 heavy (non-hydrogen) atoms. The van der Waals surface area contributed by atoms with E-state index < -0.39 is 11.9 Å². The Morgan fingerprint density at radius 1 is 1.29 bits per heavy atom. The van der Waals surface area contributed by atoms with E-state index in [1.54, 1.807) is 0 Å². The number of hydrogen-bond donors (Lipinski definition) is 1. The van der Waals surface area contributed by atoms with E-state index in [4.69, 9.17) is 19.1 Å². The van der Waals surface area contributed by atoms with Crippen molar-refractivity contribution in [3.63, 3.8) is 0 Å². The number of carboxylic acids is 1. The fourth-order valence-electron chi connectivity index (χ4n) is 2.01. The molecule has 0 radical (unpaired) electrons. The van der Waals surface area contributed by atoms with Crippen LogP contribution in [-0.4, -0.2) is 23.0 Å². The molecule has 6 nitrogen and oxygen atoms in total. The van der Waals surface area contributed by atoms with Crippen molar-refractivity contribution in [1.29, 1.82) is 0 Å². The first kappa shape index (κ1) is 13.3. The van der Waals surface area contributed by atoms with Crippen LogP contribution < -0.4 is 9.47 Å². The summed E-state index contributed by atoms with van der Waals surface area (Å²) in [6.45, 7) is 0.660. The molecule has 0 saturated heterocycles. The number of alkyl halides is 2. The van der Waals surface area contributed by atoms with Crippen LogP contribution in [0.25, 0.3) is 11.3 Å². The number of fused-ring (bicyclic) bond motifs is 1. The molecule has 0 bridgehead atoms. The number of benzene rings is 1. The van der Waals surface area contributed by atoms with E-state index >= 15 is 0 Å². The molecule has 8 heteroatoms. The van der Waals surface area contributed by atoms with Gasteiger partial charge < -0.3 is 19.1 Å². The fourth-order valence-corrected chi connectivity index (χ4v) is 2.01. The van der Waals surface area contributed by atoms with Crippen molar-refractivity contribution in [3.05, 3.63) is 29.5 Å². The number of hydrogen-bond acceptors (Lipinski definition) is 5. The van der Waals surface area contributed by atoms with Gasteiger partial charge in [-0.15, -0.1) is 0 Å². The van der Waals surface area contributed by atoms with Crippen LogP contribution in [0.1, 0.15) is 23.0 Å². The molecule has 1 aliphatic heterocycles. The summed E-state index contributed by atoms with van der Waals surface area (Å²) < 4.78 is 42.6. The van der Waals surface area contributed by atoms with Crippen LogP contribution in [0, 0.1) is 0 Å². The quantitative estimate of drug-likeness (QED) is 0.938. The second-order valence-electron chi connectivity index (χ2n) is 4.52. The average molecular weight is 297 g/mol. The monoisotopic (exact) mass is 297 g/mol. The predicted octanol–water partition coefficient (Wildman–Crippen LogP) is 2.88. The third-order valence-electron chi connectivity index (χ3n) is 2.98. The summed E-state index contributed by atoms with van der Waals surface area (Å²) in [7, 11) is 0. The Kier molecular flexibility index (Phi) is 2.82. The summed E-state index contributed by atoms with van der Waals surface area (Å²) >= 11 is 0. The number of nitrogens with zero attached hydrogens (tertiary/aromatic N) is 1. The van der Waals surface area contributed by atoms with Crippen LogP contribution in [0.5, 0.6) is 11.5 Å². The molecule has 0 amide bonds. The van der Waals surface area contributed by atoms with Gasteiger partial charge in [0.05, 0.1) is 0 Å². The lowest BCUT2D eigenvalue weighted by Crippen LogP contribution is -2.09. The number of carbonyl (C=O) groups is 1. The average Bonchev–Trinajstić information content (AvgIpc) is 3.04. The van der Waals surface area contributed by atoms with Crippen LogP contribution in [-0.2, 0) is 5.92 Å². The smallest absolute Gasteiger partial charge is 0.358 e. The topological polar surface area (TPSA) is 81.8 Å². The largest absolute Gasteiger partial charge is 0.476 e. The minimum absolute atomic E-state index is 0.00625. The summed E-state index contributed by atoms with van der Waals surface area (Å²) in [5.74, 6) is -4.08. The predicted molar refractivity (Wildman–Crippen MR) is 64.6 cm³/mol. The van der Waals surface area contributed by atoms with Gasteiger partial charge in [0.1, 0.15) is 0 Å². The molecule has 2 heterocycles. The number of halogens is 2. The maximum atomic E-state index is 13.8. The Balaban J connectivity index is 2.17. The fraction of sp³-hybridized carbons (Fsp3) is 0.231. The van der Waals surface area contributed by atoms with Crippen LogP contribution in [0.3, 0.4) is 0 Å². The number of aromatic nitrogens is 1. The van der Waals surface area contributed by atoms with Crippen molar-refractivity contribution in [2.24, 2.45) is 0 Å². The van der Waals surface area contributed by atoms with Crippen molar-refractivity contribution in [3.8, 4) is 22.8 Å². The Morgan fingerprint density at radius 3 is 2.52 bits per heavy atom. The zero-order valence-electron chi connectivity index (χ0n) is 10.7. The Labute approximate surface area is 116 Å². The van der Waals surface area contributed by atoms with Crippen LogP contribution >= 0.6 is 0 Å². The van der Waals surface area contributed by atoms with E-state index in [0.29, 0.717) is 0 Å². The molecule has 1 aromatic carbocycles. The first-order chi connectivity index (χ1) is 9.86. The highest BCUT2D eigenvalue weighted by Gasteiger charge is 2.33. The number of rotatable bonds is 3. The van der Waals surface area contributed by atoms with Crippen molar-refractivity contribution in [2.75, 3.05) is 6.79 Å². The molecular formula is C13H9F2NO5. The summed E-state index contributed by atoms with van der Waals surface area (Å²) in [5, 5.41) is 12.1. The molecule has 0 aliphatic carbocycles. The zero-order chi connectivity index (χ0) is 15.2. The first-order valence-electron chi connectivity index (χ1n) is 5.88. The van der Waals surface area contributed by atoms with Crippen LogP contribution in [0.15, 0.2) is 22.7 Å². The summed E-state index contributed by atoms with van der Waals surface area (Å²) in [6, 6.07) is 3.55. The molecule has 1 N–H and O–H groups in total. The third-order valence-corrected chi connectivity index (χ3v) is 2.98. The summed E-state index contributed by atoms with van der Waals surface area (Å²) in [5.41, 5.74) is -0.723. The summed E-state index contributed by atoms with van der Waals surface area (Å²) in [4.78, 5) is 10.8. The number of ether oxygens (including phenoxy) is 2. The van der Waals surface area contributed by atoms with Gasteiger partial charge in [-0.25, -0.2) is 13.6 Å². The van der Waals surface area contributed by atoms with Crippen molar-refractivity contribution >= 4 is 5.97 Å². The number of aromatic carboxylic acids is 1. The highest BCUT2D eigenvalue weighted by Crippen LogP contribution is 2.44. The number of carboxylic acid groups (broad SMARTS) is 1. The van der Waals surface area contributed by atoms with Crippen molar-refractivity contribution in [2.45, 2.75) is 12.8 Å². The lowest BCUT2D eigenvalue weighted by atomic mass is 9.99. The zero-order valence-corrected chi connectivity index (χ0v) is 10.7. The second-order valence-corrected chi connectivity index (χ2v) is 4.52. The van der Waals surface area contributed by atoms with E-state index in [2.05, 4.69) is 5.16 Å². The Morgan fingerprint density at radius 2 is 1.95 bits per heavy atom. The maximum absolute atomic E-state index is 13.8. The molecule has 0 atom stereocenters. The first-order valence-corrected chi connectivity index (χ1v) is 5.88. The Bertz CT molecular complexity index is 720. The maximum Gasteiger partial charge on any atom is 0.358 e. The Hall–Kier alpha value is -2.64. The molecule has 0 fully saturated rings. The molecule has 2 aromatic rings. The van der Waals surface area contributed by atoms with Crippen LogP contribution in [0.2, 0.25) is 0 Å². The lowest BCUT2D eigenvalue weighted by Gasteiger charge is -2.15. The summed E-state index contributed by atoms with van der Waals surface area (Å²) in [6.07, 6.45) is 0. The molecular weight excluding hydrogens is 288 g/mol. The van der Waals surface area contributed by atoms with E-state index in [1.165, 1.54) is 6.07 Å². The highest BCUT2D eigenvalue weighted by molar-refractivity contribution is 5.86. The van der Waals surface area contributed by atoms with Crippen molar-refractivity contribution in [1.82, 2.24) is 5.16 Å². The third kappa shape index (κ3) is 2.28. The van der Waals surface area contributed by atoms with E-state index in [9.17, 15) is 13.6 Å². The second kappa shape index (κ2) is 4.44. The molecule has 0 spiro atoms. The molecule has 0 saturated carbocycles. The van der Waals surface area contributed by atoms with Gasteiger partial charge >= 0.3 is 5.97 Å². The normalized spacial score (nSPS) is 13.5. The van der Waals surface area contributed by atoms with Gasteiger partial charge in [-0.3, -0.25) is 0 Å². The molecule has 1 aliphatic rings. The molecule has 0 unspecified atom stereocenters. The van der Waals surface area contributed by atoms with E-state index in [1.807, 2.05) is 0 Å². The van der Waals surface area contributed by atoms with Gasteiger partial charge in [0.15, 0.2) is 23.0 Å². The molecule has 1 aromatic heterocycles. The van der Waals surface area contributed by atoms with E-state index in [-0.39, 0.29) is 40.9 Å². The lowest BCUT2D eigenvalue weighted by molar-refractivity contribution is 0.0177. The van der Waals surface area contributed by atoms with Gasteiger partial charge in [0.25, 0.3) is 5.92 Å². The molecule has 110 valence electrons.